The van der Waals surface area contributed by atoms with Crippen molar-refractivity contribution in [3.63, 3.8) is 0 Å². The van der Waals surface area contributed by atoms with Crippen LogP contribution in [0.3, 0.4) is 0 Å². The monoisotopic (exact) mass is 551 g/mol. The minimum atomic E-state index is -4.55. The zero-order chi connectivity index (χ0) is 28.4. The zero-order valence-electron chi connectivity index (χ0n) is 23.5. The SMILES string of the molecule is C[C@H]1CCCN(CC2=CC3C(=O)N(c4cccc(C5([C]6N=NC=[N+]6C)CC(C)(C)C5)c4)C=C3C(C(F)(F)F)=C2)C1. The summed E-state index contributed by atoms with van der Waals surface area (Å²) in [6, 6.07) is 7.63. The second kappa shape index (κ2) is 9.50. The number of amides is 1. The van der Waals surface area contributed by atoms with Gasteiger partial charge in [0.1, 0.15) is 0 Å². The molecule has 211 valence electrons. The molecule has 1 unspecified atom stereocenters. The number of benzene rings is 1. The Hall–Kier alpha value is -3.07. The minimum absolute atomic E-state index is 0.0199. The van der Waals surface area contributed by atoms with Crippen molar-refractivity contribution < 1.29 is 22.5 Å². The lowest BCUT2D eigenvalue weighted by Crippen LogP contribution is -2.52. The first kappa shape index (κ1) is 27.1. The highest BCUT2D eigenvalue weighted by atomic mass is 19.4. The van der Waals surface area contributed by atoms with Gasteiger partial charge in [0.15, 0.2) is 0 Å². The van der Waals surface area contributed by atoms with Gasteiger partial charge in [-0.1, -0.05) is 39.0 Å². The fraction of sp³-hybridized carbons (Fsp3) is 0.516. The average Bonchev–Trinajstić information content (AvgIpc) is 3.44. The number of allylic oxidation sites excluding steroid dienone is 1. The summed E-state index contributed by atoms with van der Waals surface area (Å²) < 4.78 is 44.8. The summed E-state index contributed by atoms with van der Waals surface area (Å²) in [7, 11) is 1.92. The number of hydrogen-bond acceptors (Lipinski definition) is 4. The number of likely N-dealkylation sites (tertiary alicyclic amines) is 1. The molecule has 0 aromatic heterocycles. The molecule has 1 saturated heterocycles. The number of hydrogen-bond donors (Lipinski definition) is 0. The molecule has 0 bridgehead atoms. The van der Waals surface area contributed by atoms with Gasteiger partial charge in [0.25, 0.3) is 0 Å². The smallest absolute Gasteiger partial charge is 0.299 e. The Morgan fingerprint density at radius 1 is 1.20 bits per heavy atom. The number of nitrogens with zero attached hydrogens (tertiary/aromatic N) is 5. The third kappa shape index (κ3) is 4.66. The maximum Gasteiger partial charge on any atom is 0.416 e. The van der Waals surface area contributed by atoms with Crippen molar-refractivity contribution in [2.24, 2.45) is 27.5 Å². The van der Waals surface area contributed by atoms with Gasteiger partial charge in [0, 0.05) is 25.0 Å². The summed E-state index contributed by atoms with van der Waals surface area (Å²) in [6.45, 7) is 8.74. The minimum Gasteiger partial charge on any atom is -0.299 e. The van der Waals surface area contributed by atoms with E-state index in [1.807, 2.05) is 29.8 Å². The maximum absolute atomic E-state index is 14.3. The number of piperidine rings is 1. The molecule has 1 radical (unpaired) electrons. The molecule has 2 atom stereocenters. The number of alkyl halides is 3. The fourth-order valence-corrected chi connectivity index (χ4v) is 7.47. The lowest BCUT2D eigenvalue weighted by atomic mass is 9.50. The summed E-state index contributed by atoms with van der Waals surface area (Å²) in [5, 5.41) is 8.53. The molecule has 40 heavy (non-hydrogen) atoms. The van der Waals surface area contributed by atoms with Crippen LogP contribution in [0, 0.1) is 23.4 Å². The van der Waals surface area contributed by atoms with Crippen LogP contribution in [0.1, 0.15) is 52.0 Å². The van der Waals surface area contributed by atoms with Gasteiger partial charge in [-0.15, -0.1) is 0 Å². The topological polar surface area (TPSA) is 51.3 Å². The molecular formula is C31H36F3N5O+. The number of carbonyl (C=O) groups is 1. The van der Waals surface area contributed by atoms with Crippen LogP contribution >= 0.6 is 0 Å². The molecule has 5 aliphatic rings. The van der Waals surface area contributed by atoms with Gasteiger partial charge in [-0.3, -0.25) is 14.6 Å². The number of azo groups is 1. The van der Waals surface area contributed by atoms with Crippen LogP contribution in [0.5, 0.6) is 0 Å². The van der Waals surface area contributed by atoms with E-state index in [0.29, 0.717) is 23.7 Å². The number of anilines is 1. The number of fused-ring (bicyclic) bond motifs is 1. The summed E-state index contributed by atoms with van der Waals surface area (Å²) >= 11 is 0. The van der Waals surface area contributed by atoms with Crippen LogP contribution in [-0.4, -0.2) is 54.6 Å². The predicted octanol–water partition coefficient (Wildman–Crippen LogP) is 6.38. The highest BCUT2D eigenvalue weighted by molar-refractivity contribution is 6.04. The summed E-state index contributed by atoms with van der Waals surface area (Å²) in [6.07, 6.45) is 6.24. The van der Waals surface area contributed by atoms with Gasteiger partial charge in [0.2, 0.25) is 5.91 Å². The van der Waals surface area contributed by atoms with E-state index in [4.69, 9.17) is 0 Å². The van der Waals surface area contributed by atoms with E-state index in [1.54, 1.807) is 18.5 Å². The van der Waals surface area contributed by atoms with Gasteiger partial charge in [-0.2, -0.15) is 13.2 Å². The van der Waals surface area contributed by atoms with Gasteiger partial charge < -0.3 is 0 Å². The highest BCUT2D eigenvalue weighted by Crippen LogP contribution is 2.61. The van der Waals surface area contributed by atoms with E-state index in [9.17, 15) is 18.0 Å². The number of carbonyl (C=O) groups excluding carboxylic acids is 1. The molecule has 3 heterocycles. The van der Waals surface area contributed by atoms with Crippen LogP contribution in [0.25, 0.3) is 0 Å². The number of halogens is 3. The van der Waals surface area contributed by atoms with Crippen molar-refractivity contribution >= 4 is 17.9 Å². The number of rotatable bonds is 5. The van der Waals surface area contributed by atoms with Gasteiger partial charge in [-0.25, -0.2) is 4.58 Å². The van der Waals surface area contributed by atoms with E-state index in [-0.39, 0.29) is 22.3 Å². The van der Waals surface area contributed by atoms with Crippen LogP contribution in [0.2, 0.25) is 0 Å². The zero-order valence-corrected chi connectivity index (χ0v) is 23.5. The molecule has 1 aromatic rings. The van der Waals surface area contributed by atoms with Crippen LogP contribution < -0.4 is 4.90 Å². The van der Waals surface area contributed by atoms with Crippen molar-refractivity contribution in [1.82, 2.24) is 4.90 Å². The largest absolute Gasteiger partial charge is 0.416 e. The van der Waals surface area contributed by atoms with Crippen LogP contribution in [0.4, 0.5) is 18.9 Å². The van der Waals surface area contributed by atoms with E-state index in [2.05, 4.69) is 35.9 Å². The second-order valence-electron chi connectivity index (χ2n) is 13.0. The van der Waals surface area contributed by atoms with Crippen molar-refractivity contribution in [1.29, 1.82) is 0 Å². The van der Waals surface area contributed by atoms with Gasteiger partial charge >= 0.3 is 18.7 Å². The Labute approximate surface area is 233 Å². The Kier molecular flexibility index (Phi) is 6.44. The van der Waals surface area contributed by atoms with Gasteiger partial charge in [-0.05, 0) is 83.6 Å². The molecular weight excluding hydrogens is 515 g/mol. The normalized spacial score (nSPS) is 28.1. The summed E-state index contributed by atoms with van der Waals surface area (Å²) in [5.41, 5.74) is 1.16. The van der Waals surface area contributed by atoms with Gasteiger partial charge in [0.05, 0.1) is 29.1 Å². The van der Waals surface area contributed by atoms with Crippen molar-refractivity contribution in [3.8, 4) is 0 Å². The molecule has 2 aliphatic carbocycles. The molecule has 1 aromatic carbocycles. The second-order valence-corrected chi connectivity index (χ2v) is 13.0. The Balaban J connectivity index is 1.33. The third-order valence-electron chi connectivity index (χ3n) is 8.96. The molecule has 1 amide bonds. The van der Waals surface area contributed by atoms with Crippen LogP contribution in [0.15, 0.2) is 69.6 Å². The third-order valence-corrected chi connectivity index (χ3v) is 8.96. The molecule has 0 N–H and O–H groups in total. The van der Waals surface area contributed by atoms with E-state index >= 15 is 0 Å². The molecule has 0 spiro atoms. The average molecular weight is 552 g/mol. The lowest BCUT2D eigenvalue weighted by molar-refractivity contribution is -0.490. The first-order chi connectivity index (χ1) is 18.9. The van der Waals surface area contributed by atoms with Crippen molar-refractivity contribution in [2.75, 3.05) is 31.6 Å². The Morgan fingerprint density at radius 2 is 1.98 bits per heavy atom. The summed E-state index contributed by atoms with van der Waals surface area (Å²) in [4.78, 5) is 17.3. The van der Waals surface area contributed by atoms with Crippen molar-refractivity contribution in [3.05, 3.63) is 71.1 Å². The van der Waals surface area contributed by atoms with E-state index in [0.717, 1.165) is 50.5 Å². The van der Waals surface area contributed by atoms with E-state index < -0.39 is 17.7 Å². The predicted molar refractivity (Wildman–Crippen MR) is 148 cm³/mol. The Morgan fingerprint density at radius 3 is 2.62 bits per heavy atom. The molecule has 2 fully saturated rings. The highest BCUT2D eigenvalue weighted by Gasteiger charge is 2.60. The lowest BCUT2D eigenvalue weighted by Gasteiger charge is -2.53. The van der Waals surface area contributed by atoms with Crippen molar-refractivity contribution in [2.45, 2.75) is 58.0 Å². The maximum atomic E-state index is 14.3. The van der Waals surface area contributed by atoms with Crippen LogP contribution in [-0.2, 0) is 10.2 Å². The molecule has 6 nitrogen and oxygen atoms in total. The first-order valence-corrected chi connectivity index (χ1v) is 14.1. The van der Waals surface area contributed by atoms with E-state index in [1.165, 1.54) is 17.2 Å². The molecule has 9 heteroatoms. The quantitative estimate of drug-likeness (QED) is 0.399. The molecule has 3 aliphatic heterocycles. The molecule has 6 rings (SSSR count). The summed E-state index contributed by atoms with van der Waals surface area (Å²) in [5.74, 6) is -0.785. The fourth-order valence-electron chi connectivity index (χ4n) is 7.47. The molecule has 1 saturated carbocycles. The Bertz CT molecular complexity index is 1380. The first-order valence-electron chi connectivity index (χ1n) is 14.1. The number of likely N-dealkylation sites (N-methyl/N-ethyl adjacent to an activating group) is 1. The standard InChI is InChI=1S/C31H36F3N5O/c1-20-7-6-10-38(14-20)15-21-11-24-25(26(12-21)31(32,33)34)16-39(27(24)40)23-9-5-8-22(13-23)30(17-29(2,3)18-30)28-36-35-19-37(28)4/h5,8-9,11-13,16,19-20,24H,6-7,10,14-15,17-18H2,1-4H3/q+1/t20-,24?/m0/s1.